The van der Waals surface area contributed by atoms with Crippen LogP contribution in [0.4, 0.5) is 4.79 Å². The van der Waals surface area contributed by atoms with E-state index in [9.17, 15) is 19.2 Å². The Labute approximate surface area is 257 Å². The summed E-state index contributed by atoms with van der Waals surface area (Å²) in [6.45, 7) is 4.94. The maximum Gasteiger partial charge on any atom is 0.417 e. The van der Waals surface area contributed by atoms with E-state index in [0.29, 0.717) is 32.4 Å². The van der Waals surface area contributed by atoms with Crippen molar-refractivity contribution in [3.05, 3.63) is 65.7 Å². The predicted octanol–water partition coefficient (Wildman–Crippen LogP) is 4.31. The minimum Gasteiger partial charge on any atom is -0.489 e. The van der Waals surface area contributed by atoms with Crippen LogP contribution in [-0.2, 0) is 36.9 Å². The van der Waals surface area contributed by atoms with Crippen molar-refractivity contribution >= 4 is 35.8 Å². The van der Waals surface area contributed by atoms with Crippen molar-refractivity contribution in [1.82, 2.24) is 15.4 Å². The molecule has 1 aliphatic carbocycles. The lowest BCUT2D eigenvalue weighted by molar-refractivity contribution is -0.145. The first-order valence-corrected chi connectivity index (χ1v) is 15.6. The van der Waals surface area contributed by atoms with Gasteiger partial charge in [-0.15, -0.1) is 0 Å². The van der Waals surface area contributed by atoms with Crippen molar-refractivity contribution in [3.63, 3.8) is 0 Å². The molecule has 1 saturated carbocycles. The van der Waals surface area contributed by atoms with Gasteiger partial charge in [-0.3, -0.25) is 14.3 Å². The number of esters is 1. The highest BCUT2D eigenvalue weighted by Gasteiger charge is 2.47. The van der Waals surface area contributed by atoms with Gasteiger partial charge in [-0.25, -0.2) is 9.59 Å². The van der Waals surface area contributed by atoms with Crippen LogP contribution in [0.3, 0.4) is 0 Å². The zero-order valence-corrected chi connectivity index (χ0v) is 25.7. The van der Waals surface area contributed by atoms with Crippen LogP contribution >= 0.6 is 11.9 Å². The molecular weight excluding hydrogens is 570 g/mol. The van der Waals surface area contributed by atoms with Gasteiger partial charge in [-0.05, 0) is 73.2 Å². The smallest absolute Gasteiger partial charge is 0.417 e. The van der Waals surface area contributed by atoms with Crippen molar-refractivity contribution in [2.24, 2.45) is 11.8 Å². The van der Waals surface area contributed by atoms with Crippen molar-refractivity contribution < 1.29 is 33.4 Å². The summed E-state index contributed by atoms with van der Waals surface area (Å²) < 4.78 is 19.3. The molecule has 2 aromatic rings. The standard InChI is InChI=1S/C32H41N3O7S/c1-21(2)16-27(29(37)34-26(30(38)40-3)18-24-12-15-33-28(24)36)43-35-31(39)42-32(13-14-32)19-23-10-7-11-25(17-23)41-20-22-8-5-4-6-9-22/h4-11,17,21,24,26-27H,12-16,18-20H2,1-3H3,(H,33,36)(H,34,37)(H,35,39)/t24-,26-,27-/m0/s1. The Balaban J connectivity index is 1.29. The average Bonchev–Trinajstić information content (AvgIpc) is 3.62. The molecule has 10 nitrogen and oxygen atoms in total. The molecule has 4 rings (SSSR count). The number of benzene rings is 2. The van der Waals surface area contributed by atoms with Crippen molar-refractivity contribution in [1.29, 1.82) is 0 Å². The third-order valence-electron chi connectivity index (χ3n) is 7.54. The van der Waals surface area contributed by atoms with E-state index < -0.39 is 34.9 Å². The van der Waals surface area contributed by atoms with Crippen LogP contribution in [0.2, 0.25) is 0 Å². The normalized spacial score (nSPS) is 18.2. The van der Waals surface area contributed by atoms with Gasteiger partial charge in [0.05, 0.1) is 7.11 Å². The van der Waals surface area contributed by atoms with Gasteiger partial charge in [-0.2, -0.15) is 0 Å². The molecule has 3 N–H and O–H groups in total. The highest BCUT2D eigenvalue weighted by Crippen LogP contribution is 2.43. The first-order valence-electron chi connectivity index (χ1n) is 14.7. The second kappa shape index (κ2) is 15.1. The number of hydrogen-bond donors (Lipinski definition) is 3. The van der Waals surface area contributed by atoms with E-state index in [-0.39, 0.29) is 24.2 Å². The number of amides is 3. The molecule has 2 aromatic carbocycles. The maximum atomic E-state index is 13.2. The van der Waals surface area contributed by atoms with E-state index in [1.54, 1.807) is 0 Å². The van der Waals surface area contributed by atoms with E-state index in [4.69, 9.17) is 14.2 Å². The molecule has 1 heterocycles. The first kappa shape index (κ1) is 32.2. The predicted molar refractivity (Wildman–Crippen MR) is 163 cm³/mol. The molecule has 3 amide bonds. The summed E-state index contributed by atoms with van der Waals surface area (Å²) in [6, 6.07) is 16.8. The molecule has 0 unspecified atom stereocenters. The van der Waals surface area contributed by atoms with Crippen molar-refractivity contribution in [3.8, 4) is 5.75 Å². The summed E-state index contributed by atoms with van der Waals surface area (Å²) in [7, 11) is 1.25. The lowest BCUT2D eigenvalue weighted by Gasteiger charge is -2.24. The summed E-state index contributed by atoms with van der Waals surface area (Å²) in [5.41, 5.74) is 1.48. The number of carbonyl (C=O) groups is 4. The Morgan fingerprint density at radius 2 is 1.81 bits per heavy atom. The Morgan fingerprint density at radius 3 is 2.47 bits per heavy atom. The lowest BCUT2D eigenvalue weighted by Crippen LogP contribution is -2.47. The highest BCUT2D eigenvalue weighted by molar-refractivity contribution is 7.99. The number of ether oxygens (including phenoxy) is 3. The monoisotopic (exact) mass is 611 g/mol. The molecule has 0 radical (unpaired) electrons. The number of nitrogens with one attached hydrogen (secondary N) is 3. The maximum absolute atomic E-state index is 13.2. The van der Waals surface area contributed by atoms with Crippen LogP contribution in [0.1, 0.15) is 57.1 Å². The lowest BCUT2D eigenvalue weighted by atomic mass is 9.98. The van der Waals surface area contributed by atoms with Gasteiger partial charge in [0, 0.05) is 18.9 Å². The molecule has 2 fully saturated rings. The Kier molecular flexibility index (Phi) is 11.3. The van der Waals surface area contributed by atoms with E-state index in [1.165, 1.54) is 7.11 Å². The summed E-state index contributed by atoms with van der Waals surface area (Å²) in [5.74, 6) is -0.649. The SMILES string of the molecule is COC(=O)[C@H](C[C@@H]1CCNC1=O)NC(=O)[C@H](CC(C)C)SNC(=O)OC1(Cc2cccc(OCc3ccccc3)c2)CC1. The molecule has 2 aliphatic rings. The molecule has 0 spiro atoms. The zero-order valence-electron chi connectivity index (χ0n) is 24.9. The second-order valence-electron chi connectivity index (χ2n) is 11.6. The number of hydrogen-bond acceptors (Lipinski definition) is 8. The van der Waals surface area contributed by atoms with Crippen LogP contribution in [0.15, 0.2) is 54.6 Å². The fourth-order valence-corrected chi connectivity index (χ4v) is 6.00. The largest absolute Gasteiger partial charge is 0.489 e. The Bertz CT molecular complexity index is 1270. The third kappa shape index (κ3) is 9.91. The van der Waals surface area contributed by atoms with E-state index in [1.807, 2.05) is 68.4 Å². The quantitative estimate of drug-likeness (QED) is 0.201. The molecule has 0 aromatic heterocycles. The molecule has 3 atom stereocenters. The molecule has 11 heteroatoms. The van der Waals surface area contributed by atoms with Crippen LogP contribution in [0.25, 0.3) is 0 Å². The van der Waals surface area contributed by atoms with Gasteiger partial charge in [-0.1, -0.05) is 56.3 Å². The van der Waals surface area contributed by atoms with E-state index >= 15 is 0 Å². The molecule has 232 valence electrons. The third-order valence-corrected chi connectivity index (χ3v) is 8.51. The van der Waals surface area contributed by atoms with Gasteiger partial charge in [0.25, 0.3) is 0 Å². The van der Waals surface area contributed by atoms with Crippen LogP contribution < -0.4 is 20.1 Å². The fourth-order valence-electron chi connectivity index (χ4n) is 5.06. The highest BCUT2D eigenvalue weighted by atomic mass is 32.2. The molecule has 0 bridgehead atoms. The summed E-state index contributed by atoms with van der Waals surface area (Å²) >= 11 is 0.964. The molecule has 43 heavy (non-hydrogen) atoms. The minimum atomic E-state index is -0.962. The Hall–Kier alpha value is -3.73. The van der Waals surface area contributed by atoms with Gasteiger partial charge in [0.15, 0.2) is 0 Å². The van der Waals surface area contributed by atoms with Crippen LogP contribution in [-0.4, -0.2) is 54.4 Å². The van der Waals surface area contributed by atoms with Crippen molar-refractivity contribution in [2.75, 3.05) is 13.7 Å². The number of methoxy groups -OCH3 is 1. The van der Waals surface area contributed by atoms with E-state index in [2.05, 4.69) is 15.4 Å². The minimum absolute atomic E-state index is 0.138. The topological polar surface area (TPSA) is 132 Å². The second-order valence-corrected chi connectivity index (χ2v) is 12.6. The van der Waals surface area contributed by atoms with Gasteiger partial charge in [0.1, 0.15) is 29.2 Å². The van der Waals surface area contributed by atoms with Crippen LogP contribution in [0, 0.1) is 11.8 Å². The summed E-state index contributed by atoms with van der Waals surface area (Å²) in [4.78, 5) is 50.6. The summed E-state index contributed by atoms with van der Waals surface area (Å²) in [6.07, 6.45) is 2.62. The molecule has 1 saturated heterocycles. The Morgan fingerprint density at radius 1 is 1.07 bits per heavy atom. The van der Waals surface area contributed by atoms with Gasteiger partial charge in [0.2, 0.25) is 11.8 Å². The molecule has 1 aliphatic heterocycles. The van der Waals surface area contributed by atoms with Gasteiger partial charge < -0.3 is 24.8 Å². The number of carbonyl (C=O) groups excluding carboxylic acids is 4. The molecular formula is C32H41N3O7S. The van der Waals surface area contributed by atoms with Crippen molar-refractivity contribution in [2.45, 2.75) is 75.9 Å². The zero-order chi connectivity index (χ0) is 30.8. The number of rotatable bonds is 15. The van der Waals surface area contributed by atoms with Crippen LogP contribution in [0.5, 0.6) is 5.75 Å². The first-order chi connectivity index (χ1) is 20.7. The van der Waals surface area contributed by atoms with Gasteiger partial charge >= 0.3 is 12.1 Å². The van der Waals surface area contributed by atoms with E-state index in [0.717, 1.165) is 41.7 Å². The average molecular weight is 612 g/mol. The summed E-state index contributed by atoms with van der Waals surface area (Å²) in [5, 5.41) is 4.81. The fraction of sp³-hybridized carbons (Fsp3) is 0.500.